The molecule has 11 rings (SSSR count). The van der Waals surface area contributed by atoms with E-state index in [1.807, 2.05) is 17.4 Å². The second kappa shape index (κ2) is 10.9. The van der Waals surface area contributed by atoms with Crippen LogP contribution in [-0.2, 0) is 5.41 Å². The Hall–Kier alpha value is -6.16. The first-order valence-electron chi connectivity index (χ1n) is 17.9. The molecule has 0 aliphatic heterocycles. The molecule has 2 aromatic heterocycles. The summed E-state index contributed by atoms with van der Waals surface area (Å²) in [7, 11) is 0. The first-order valence-corrected chi connectivity index (χ1v) is 18.7. The van der Waals surface area contributed by atoms with E-state index in [0.717, 1.165) is 33.6 Å². The molecule has 52 heavy (non-hydrogen) atoms. The second-order valence-corrected chi connectivity index (χ2v) is 15.6. The van der Waals surface area contributed by atoms with Crippen LogP contribution in [0.1, 0.15) is 25.0 Å². The third-order valence-electron chi connectivity index (χ3n) is 11.3. The van der Waals surface area contributed by atoms with Crippen LogP contribution in [0, 0.1) is 0 Å². The van der Waals surface area contributed by atoms with E-state index in [9.17, 15) is 0 Å². The molecule has 8 aromatic carbocycles. The number of para-hydroxylation sites is 1. The molecule has 0 fully saturated rings. The molecule has 1 aliphatic carbocycles. The Morgan fingerprint density at radius 1 is 0.462 bits per heavy atom. The van der Waals surface area contributed by atoms with Gasteiger partial charge in [-0.3, -0.25) is 0 Å². The molecule has 0 spiro atoms. The number of rotatable bonds is 4. The lowest BCUT2D eigenvalue weighted by Gasteiger charge is -2.28. The molecule has 0 saturated heterocycles. The summed E-state index contributed by atoms with van der Waals surface area (Å²) in [6, 6.07) is 60.0. The maximum Gasteiger partial charge on any atom is 0.136 e. The number of anilines is 3. The molecule has 0 N–H and O–H groups in total. The van der Waals surface area contributed by atoms with Crippen molar-refractivity contribution in [3.8, 4) is 22.3 Å². The van der Waals surface area contributed by atoms with E-state index >= 15 is 0 Å². The van der Waals surface area contributed by atoms with Gasteiger partial charge in [-0.25, -0.2) is 0 Å². The molecule has 0 atom stereocenters. The highest BCUT2D eigenvalue weighted by molar-refractivity contribution is 7.25. The zero-order valence-corrected chi connectivity index (χ0v) is 29.7. The fourth-order valence-corrected chi connectivity index (χ4v) is 9.80. The molecule has 10 aromatic rings. The van der Waals surface area contributed by atoms with Gasteiger partial charge in [0.1, 0.15) is 11.2 Å². The molecule has 1 aliphatic rings. The SMILES string of the molecule is CC1(C)c2ccccc2-c2ccc(N(c3ccc(-c4ccc5ccc6oc7ccccc7c6c5c4)cc3)c3ccc4c(c3)sc3ccccc34)cc21. The van der Waals surface area contributed by atoms with Crippen LogP contribution in [0.25, 0.3) is 75.1 Å². The standard InChI is InChI=1S/C49H33NOS/c1-49(2)42-12-6-3-9-36(42)37-24-22-34(28-43(37)49)50(35-23-25-39-38-10-5-8-14-46(38)52-47(39)29-35)33-20-17-30(18-21-33)32-16-15-31-19-26-45-48(41(31)27-32)40-11-4-7-13-44(40)51-45/h3-29H,1-2H3. The van der Waals surface area contributed by atoms with Gasteiger partial charge in [-0.1, -0.05) is 117 Å². The molecule has 0 saturated carbocycles. The third-order valence-corrected chi connectivity index (χ3v) is 12.4. The first-order chi connectivity index (χ1) is 25.5. The Morgan fingerprint density at radius 3 is 2.04 bits per heavy atom. The summed E-state index contributed by atoms with van der Waals surface area (Å²) >= 11 is 1.86. The van der Waals surface area contributed by atoms with Gasteiger partial charge >= 0.3 is 0 Å². The van der Waals surface area contributed by atoms with E-state index in [0.29, 0.717) is 0 Å². The largest absolute Gasteiger partial charge is 0.456 e. The molecule has 0 radical (unpaired) electrons. The minimum Gasteiger partial charge on any atom is -0.456 e. The summed E-state index contributed by atoms with van der Waals surface area (Å²) < 4.78 is 8.84. The lowest BCUT2D eigenvalue weighted by molar-refractivity contribution is 0.660. The summed E-state index contributed by atoms with van der Waals surface area (Å²) in [6.45, 7) is 4.71. The number of fused-ring (bicyclic) bond motifs is 11. The summed E-state index contributed by atoms with van der Waals surface area (Å²) in [4.78, 5) is 2.43. The number of thiophene rings is 1. The zero-order valence-electron chi connectivity index (χ0n) is 28.9. The minimum absolute atomic E-state index is 0.0886. The van der Waals surface area contributed by atoms with E-state index in [-0.39, 0.29) is 5.41 Å². The van der Waals surface area contributed by atoms with Gasteiger partial charge in [-0.2, -0.15) is 0 Å². The van der Waals surface area contributed by atoms with Gasteiger partial charge in [-0.15, -0.1) is 11.3 Å². The minimum atomic E-state index is -0.0886. The van der Waals surface area contributed by atoms with Gasteiger partial charge in [-0.05, 0) is 105 Å². The van der Waals surface area contributed by atoms with Crippen LogP contribution in [0.15, 0.2) is 168 Å². The maximum absolute atomic E-state index is 6.23. The van der Waals surface area contributed by atoms with Crippen molar-refractivity contribution >= 4 is 81.3 Å². The van der Waals surface area contributed by atoms with E-state index in [2.05, 4.69) is 176 Å². The number of hydrogen-bond acceptors (Lipinski definition) is 3. The molecule has 0 bridgehead atoms. The van der Waals surface area contributed by atoms with Gasteiger partial charge in [0, 0.05) is 53.4 Å². The predicted octanol–water partition coefficient (Wildman–Crippen LogP) is 14.6. The van der Waals surface area contributed by atoms with Gasteiger partial charge in [0.25, 0.3) is 0 Å². The molecular formula is C49H33NOS. The van der Waals surface area contributed by atoms with Crippen LogP contribution in [-0.4, -0.2) is 0 Å². The Morgan fingerprint density at radius 2 is 1.13 bits per heavy atom. The van der Waals surface area contributed by atoms with Crippen molar-refractivity contribution in [2.75, 3.05) is 4.90 Å². The molecule has 0 unspecified atom stereocenters. The predicted molar refractivity (Wildman–Crippen MR) is 222 cm³/mol. The van der Waals surface area contributed by atoms with Gasteiger partial charge in [0.2, 0.25) is 0 Å². The summed E-state index contributed by atoms with van der Waals surface area (Å²) in [5, 5.41) is 7.38. The lowest BCUT2D eigenvalue weighted by Crippen LogP contribution is -2.16. The second-order valence-electron chi connectivity index (χ2n) is 14.5. The van der Waals surface area contributed by atoms with Crippen LogP contribution in [0.3, 0.4) is 0 Å². The van der Waals surface area contributed by atoms with Gasteiger partial charge in [0.15, 0.2) is 0 Å². The molecule has 246 valence electrons. The Balaban J connectivity index is 1.06. The smallest absolute Gasteiger partial charge is 0.136 e. The van der Waals surface area contributed by atoms with Crippen molar-refractivity contribution in [2.45, 2.75) is 19.3 Å². The van der Waals surface area contributed by atoms with Crippen molar-refractivity contribution in [1.29, 1.82) is 0 Å². The van der Waals surface area contributed by atoms with Crippen LogP contribution in [0.4, 0.5) is 17.1 Å². The quantitative estimate of drug-likeness (QED) is 0.184. The number of benzene rings is 8. The van der Waals surface area contributed by atoms with Crippen LogP contribution >= 0.6 is 11.3 Å². The first kappa shape index (κ1) is 29.6. The number of hydrogen-bond donors (Lipinski definition) is 0. The molecule has 3 heteroatoms. The normalized spacial score (nSPS) is 13.3. The monoisotopic (exact) mass is 683 g/mol. The Labute approximate surface area is 305 Å². The Bertz CT molecular complexity index is 3050. The topological polar surface area (TPSA) is 16.4 Å². The van der Waals surface area contributed by atoms with Crippen molar-refractivity contribution in [1.82, 2.24) is 0 Å². The van der Waals surface area contributed by atoms with Crippen molar-refractivity contribution in [2.24, 2.45) is 0 Å². The highest BCUT2D eigenvalue weighted by Crippen LogP contribution is 2.51. The number of nitrogens with zero attached hydrogens (tertiary/aromatic N) is 1. The maximum atomic E-state index is 6.23. The fraction of sp³-hybridized carbons (Fsp3) is 0.0612. The molecule has 2 heterocycles. The number of furan rings is 1. The van der Waals surface area contributed by atoms with Crippen LogP contribution in [0.5, 0.6) is 0 Å². The van der Waals surface area contributed by atoms with Crippen molar-refractivity contribution in [3.05, 3.63) is 175 Å². The highest BCUT2D eigenvalue weighted by atomic mass is 32.1. The van der Waals surface area contributed by atoms with Crippen LogP contribution < -0.4 is 4.90 Å². The third kappa shape index (κ3) is 4.30. The van der Waals surface area contributed by atoms with Gasteiger partial charge < -0.3 is 9.32 Å². The van der Waals surface area contributed by atoms with Gasteiger partial charge in [0.05, 0.1) is 0 Å². The molecule has 0 amide bonds. The van der Waals surface area contributed by atoms with Crippen LogP contribution in [0.2, 0.25) is 0 Å². The van der Waals surface area contributed by atoms with Crippen molar-refractivity contribution < 1.29 is 4.42 Å². The summed E-state index contributed by atoms with van der Waals surface area (Å²) in [6.07, 6.45) is 0. The molecule has 2 nitrogen and oxygen atoms in total. The van der Waals surface area contributed by atoms with Crippen molar-refractivity contribution in [3.63, 3.8) is 0 Å². The average Bonchev–Trinajstić information content (AvgIpc) is 3.83. The zero-order chi connectivity index (χ0) is 34.6. The van der Waals surface area contributed by atoms with E-state index < -0.39 is 0 Å². The Kier molecular flexibility index (Phi) is 6.21. The van der Waals surface area contributed by atoms with E-state index in [4.69, 9.17) is 4.42 Å². The molecular weight excluding hydrogens is 651 g/mol. The van der Waals surface area contributed by atoms with E-state index in [1.165, 1.54) is 69.7 Å². The summed E-state index contributed by atoms with van der Waals surface area (Å²) in [5.74, 6) is 0. The summed E-state index contributed by atoms with van der Waals surface area (Å²) in [5.41, 5.74) is 13.0. The highest BCUT2D eigenvalue weighted by Gasteiger charge is 2.35. The average molecular weight is 684 g/mol. The fourth-order valence-electron chi connectivity index (χ4n) is 8.66. The van der Waals surface area contributed by atoms with E-state index in [1.54, 1.807) is 0 Å². The lowest BCUT2D eigenvalue weighted by atomic mass is 9.82.